The number of allylic oxidation sites excluding steroid dienone is 2. The Kier molecular flexibility index (Phi) is 4.59. The van der Waals surface area contributed by atoms with Crippen LogP contribution in [0, 0.1) is 0 Å². The van der Waals surface area contributed by atoms with Gasteiger partial charge in [0.05, 0.1) is 18.3 Å². The molecule has 0 radical (unpaired) electrons. The van der Waals surface area contributed by atoms with Gasteiger partial charge in [0, 0.05) is 24.8 Å². The van der Waals surface area contributed by atoms with Gasteiger partial charge in [-0.3, -0.25) is 4.79 Å². The molecule has 1 saturated heterocycles. The molecule has 1 aliphatic carbocycles. The maximum Gasteiger partial charge on any atom is 0.253 e. The number of aromatic nitrogens is 3. The molecule has 4 rings (SSSR count). The van der Waals surface area contributed by atoms with Crippen molar-refractivity contribution in [2.24, 2.45) is 0 Å². The van der Waals surface area contributed by atoms with E-state index in [0.29, 0.717) is 13.1 Å². The third-order valence-corrected chi connectivity index (χ3v) is 5.53. The van der Waals surface area contributed by atoms with Gasteiger partial charge in [-0.15, -0.1) is 5.10 Å². The number of hydrogen-bond acceptors (Lipinski definition) is 4. The Bertz CT molecular complexity index is 794. The van der Waals surface area contributed by atoms with Gasteiger partial charge in [-0.25, -0.2) is 4.68 Å². The van der Waals surface area contributed by atoms with Crippen LogP contribution in [0.5, 0.6) is 0 Å². The van der Waals surface area contributed by atoms with E-state index >= 15 is 0 Å². The van der Waals surface area contributed by atoms with Crippen molar-refractivity contribution in [2.75, 3.05) is 27.2 Å². The number of rotatable bonds is 4. The molecule has 1 amide bonds. The van der Waals surface area contributed by atoms with Gasteiger partial charge in [0.1, 0.15) is 0 Å². The molecule has 2 atom stereocenters. The zero-order valence-electron chi connectivity index (χ0n) is 15.4. The first-order valence-electron chi connectivity index (χ1n) is 9.24. The first-order valence-corrected chi connectivity index (χ1v) is 9.24. The molecule has 1 aromatic carbocycles. The normalized spacial score (nSPS) is 22.9. The summed E-state index contributed by atoms with van der Waals surface area (Å²) in [5.74, 6) is 0.0893. The van der Waals surface area contributed by atoms with E-state index < -0.39 is 0 Å². The molecule has 26 heavy (non-hydrogen) atoms. The number of benzene rings is 1. The lowest BCUT2D eigenvalue weighted by Crippen LogP contribution is -2.37. The summed E-state index contributed by atoms with van der Waals surface area (Å²) in [6.07, 6.45) is 9.41. The summed E-state index contributed by atoms with van der Waals surface area (Å²) in [4.78, 5) is 17.1. The molecule has 6 nitrogen and oxygen atoms in total. The Morgan fingerprint density at radius 3 is 2.62 bits per heavy atom. The van der Waals surface area contributed by atoms with Crippen molar-refractivity contribution in [3.63, 3.8) is 0 Å². The van der Waals surface area contributed by atoms with E-state index in [2.05, 4.69) is 33.4 Å². The first kappa shape index (κ1) is 17.0. The van der Waals surface area contributed by atoms with Crippen molar-refractivity contribution < 1.29 is 4.79 Å². The molecule has 0 saturated carbocycles. The third-order valence-electron chi connectivity index (χ3n) is 5.53. The Morgan fingerprint density at radius 1 is 1.19 bits per heavy atom. The van der Waals surface area contributed by atoms with Gasteiger partial charge < -0.3 is 9.80 Å². The smallest absolute Gasteiger partial charge is 0.253 e. The molecule has 1 aliphatic heterocycles. The zero-order chi connectivity index (χ0) is 18.1. The monoisotopic (exact) mass is 351 g/mol. The maximum absolute atomic E-state index is 13.0. The van der Waals surface area contributed by atoms with Gasteiger partial charge in [0.15, 0.2) is 0 Å². The Morgan fingerprint density at radius 2 is 2.00 bits per heavy atom. The van der Waals surface area contributed by atoms with Crippen LogP contribution in [-0.4, -0.2) is 63.9 Å². The summed E-state index contributed by atoms with van der Waals surface area (Å²) in [5, 5.41) is 8.07. The number of nitrogens with zero attached hydrogens (tertiary/aromatic N) is 5. The van der Waals surface area contributed by atoms with Crippen LogP contribution in [0.3, 0.4) is 0 Å². The molecule has 0 N–H and O–H groups in total. The number of carbonyl (C=O) groups excluding carboxylic acids is 1. The number of amides is 1. The summed E-state index contributed by atoms with van der Waals surface area (Å²) in [6.45, 7) is 1.35. The molecule has 136 valence electrons. The molecule has 0 unspecified atom stereocenters. The quantitative estimate of drug-likeness (QED) is 0.849. The second-order valence-corrected chi connectivity index (χ2v) is 7.39. The Balaban J connectivity index is 1.51. The van der Waals surface area contributed by atoms with Crippen molar-refractivity contribution in [1.82, 2.24) is 24.8 Å². The minimum absolute atomic E-state index is 0.0893. The van der Waals surface area contributed by atoms with E-state index in [1.165, 1.54) is 24.0 Å². The van der Waals surface area contributed by atoms with E-state index in [4.69, 9.17) is 0 Å². The molecule has 6 heteroatoms. The molecule has 2 aromatic rings. The van der Waals surface area contributed by atoms with Crippen LogP contribution in [0.15, 0.2) is 42.7 Å². The van der Waals surface area contributed by atoms with Crippen LogP contribution < -0.4 is 0 Å². The van der Waals surface area contributed by atoms with Crippen LogP contribution in [-0.2, 0) is 0 Å². The standard InChI is InChI=1S/C20H25N5O/c1-23(2)18-13-24(14-19(18)25-12-11-21-22-25)20(26)17-9-7-16(8-10-17)15-5-3-4-6-15/h5,7-12,18-19H,3-4,6,13-14H2,1-2H3/t18-,19+/m1/s1. The molecule has 2 aliphatic rings. The summed E-state index contributed by atoms with van der Waals surface area (Å²) >= 11 is 0. The highest BCUT2D eigenvalue weighted by molar-refractivity contribution is 5.94. The second-order valence-electron chi connectivity index (χ2n) is 7.39. The van der Waals surface area contributed by atoms with Gasteiger partial charge in [0.2, 0.25) is 0 Å². The number of hydrogen-bond donors (Lipinski definition) is 0. The largest absolute Gasteiger partial charge is 0.335 e. The summed E-state index contributed by atoms with van der Waals surface area (Å²) in [5.41, 5.74) is 3.40. The van der Waals surface area contributed by atoms with Gasteiger partial charge >= 0.3 is 0 Å². The first-order chi connectivity index (χ1) is 12.6. The summed E-state index contributed by atoms with van der Waals surface area (Å²) < 4.78 is 1.87. The third kappa shape index (κ3) is 3.17. The lowest BCUT2D eigenvalue weighted by atomic mass is 10.0. The van der Waals surface area contributed by atoms with Crippen LogP contribution in [0.2, 0.25) is 0 Å². The second kappa shape index (κ2) is 7.03. The number of carbonyl (C=O) groups is 1. The van der Waals surface area contributed by atoms with Gasteiger partial charge in [-0.2, -0.15) is 0 Å². The van der Waals surface area contributed by atoms with Crippen molar-refractivity contribution >= 4 is 11.5 Å². The molecule has 2 heterocycles. The summed E-state index contributed by atoms with van der Waals surface area (Å²) in [7, 11) is 4.10. The maximum atomic E-state index is 13.0. The fourth-order valence-corrected chi connectivity index (χ4v) is 4.04. The van der Waals surface area contributed by atoms with Gasteiger partial charge in [0.25, 0.3) is 5.91 Å². The highest BCUT2D eigenvalue weighted by Gasteiger charge is 2.38. The highest BCUT2D eigenvalue weighted by atomic mass is 16.2. The molecular weight excluding hydrogens is 326 g/mol. The van der Waals surface area contributed by atoms with Crippen LogP contribution in [0.4, 0.5) is 0 Å². The molecule has 1 aromatic heterocycles. The number of likely N-dealkylation sites (tertiary alicyclic amines) is 1. The van der Waals surface area contributed by atoms with E-state index in [1.54, 1.807) is 6.20 Å². The molecule has 0 spiro atoms. The topological polar surface area (TPSA) is 54.3 Å². The summed E-state index contributed by atoms with van der Waals surface area (Å²) in [6, 6.07) is 8.44. The predicted octanol–water partition coefficient (Wildman–Crippen LogP) is 2.47. The van der Waals surface area contributed by atoms with Crippen molar-refractivity contribution in [2.45, 2.75) is 31.3 Å². The van der Waals surface area contributed by atoms with E-state index in [9.17, 15) is 4.79 Å². The van der Waals surface area contributed by atoms with Crippen LogP contribution >= 0.6 is 0 Å². The predicted molar refractivity (Wildman–Crippen MR) is 101 cm³/mol. The average Bonchev–Trinajstić information content (AvgIpc) is 3.42. The SMILES string of the molecule is CN(C)[C@@H]1CN(C(=O)c2ccc(C3=CCCC3)cc2)C[C@@H]1n1ccnn1. The van der Waals surface area contributed by atoms with E-state index in [-0.39, 0.29) is 18.0 Å². The fraction of sp³-hybridized carbons (Fsp3) is 0.450. The fourth-order valence-electron chi connectivity index (χ4n) is 4.04. The van der Waals surface area contributed by atoms with Gasteiger partial charge in [-0.05, 0) is 56.6 Å². The Hall–Kier alpha value is -2.47. The van der Waals surface area contributed by atoms with Crippen molar-refractivity contribution in [3.05, 3.63) is 53.9 Å². The minimum Gasteiger partial charge on any atom is -0.335 e. The molecule has 1 fully saturated rings. The highest BCUT2D eigenvalue weighted by Crippen LogP contribution is 2.29. The van der Waals surface area contributed by atoms with E-state index in [0.717, 1.165) is 12.0 Å². The van der Waals surface area contributed by atoms with Gasteiger partial charge in [-0.1, -0.05) is 23.4 Å². The van der Waals surface area contributed by atoms with Crippen LogP contribution in [0.1, 0.15) is 41.2 Å². The average molecular weight is 351 g/mol. The number of likely N-dealkylation sites (N-methyl/N-ethyl adjacent to an activating group) is 1. The Labute approximate surface area is 154 Å². The van der Waals surface area contributed by atoms with Crippen LogP contribution in [0.25, 0.3) is 5.57 Å². The van der Waals surface area contributed by atoms with E-state index in [1.807, 2.05) is 42.0 Å². The van der Waals surface area contributed by atoms with Crippen molar-refractivity contribution in [1.29, 1.82) is 0 Å². The minimum atomic E-state index is 0.0893. The zero-order valence-corrected chi connectivity index (χ0v) is 15.4. The molecule has 0 bridgehead atoms. The lowest BCUT2D eigenvalue weighted by Gasteiger charge is -2.24. The van der Waals surface area contributed by atoms with Crippen molar-refractivity contribution in [3.8, 4) is 0 Å². The lowest BCUT2D eigenvalue weighted by molar-refractivity contribution is 0.0781. The molecular formula is C20H25N5O.